The summed E-state index contributed by atoms with van der Waals surface area (Å²) >= 11 is 0. The third-order valence-corrected chi connectivity index (χ3v) is 0.823. The summed E-state index contributed by atoms with van der Waals surface area (Å²) in [6.45, 7) is -6.76. The van der Waals surface area contributed by atoms with Crippen LogP contribution < -0.4 is 0 Å². The van der Waals surface area contributed by atoms with Crippen molar-refractivity contribution in [2.45, 2.75) is 19.6 Å². The molecule has 1 N–H and O–H groups in total. The van der Waals surface area contributed by atoms with Gasteiger partial charge in [0, 0.05) is 21.8 Å². The van der Waals surface area contributed by atoms with Gasteiger partial charge in [-0.2, -0.15) is 0 Å². The first-order valence-corrected chi connectivity index (χ1v) is 2.42. The van der Waals surface area contributed by atoms with E-state index in [2.05, 4.69) is 4.98 Å². The molecule has 0 aromatic carbocycles. The van der Waals surface area contributed by atoms with Gasteiger partial charge in [0.25, 0.3) is 0 Å². The molecule has 0 fully saturated rings. The van der Waals surface area contributed by atoms with E-state index in [-0.39, 0.29) is 0 Å². The minimum absolute atomic E-state index is 0.930. The summed E-state index contributed by atoms with van der Waals surface area (Å²) in [5.74, 6) is -4.29. The minimum Gasteiger partial charge on any atom is -0.493 e. The summed E-state index contributed by atoms with van der Waals surface area (Å²) in [5.41, 5.74) is -1.03. The normalized spacial score (nSPS) is 28.4. The van der Waals surface area contributed by atoms with Crippen LogP contribution in [0, 0.1) is 0 Å². The molecule has 0 unspecified atom stereocenters. The van der Waals surface area contributed by atoms with Crippen molar-refractivity contribution in [2.75, 3.05) is 0 Å². The molecule has 2 heteroatoms. The molecule has 0 spiro atoms. The number of aromatic hydroxyl groups is 1. The molecule has 1 rings (SSSR count). The Kier molecular flexibility index (Phi) is 0.424. The standard InChI is InChI=1S/C8H11NO/c1-6(2)7-3-4-8(10)9-5-7/h3-6H,1-2H3,(H,9,10)/i1D3,2D3,3D,4D,5D,6D. The molecule has 0 aliphatic heterocycles. The molecule has 0 atom stereocenters. The number of hydrogen-bond donors (Lipinski definition) is 1. The Morgan fingerprint density at radius 2 is 2.60 bits per heavy atom. The van der Waals surface area contributed by atoms with Crippen LogP contribution >= 0.6 is 0 Å². The number of pyridine rings is 1. The van der Waals surface area contributed by atoms with Gasteiger partial charge in [0.2, 0.25) is 5.88 Å². The molecule has 0 saturated heterocycles. The monoisotopic (exact) mass is 147 g/mol. The van der Waals surface area contributed by atoms with Gasteiger partial charge in [-0.3, -0.25) is 0 Å². The zero-order chi connectivity index (χ0) is 16.1. The van der Waals surface area contributed by atoms with Gasteiger partial charge in [-0.1, -0.05) is 19.7 Å². The van der Waals surface area contributed by atoms with Crippen LogP contribution in [-0.2, 0) is 0 Å². The number of nitrogens with zero attached hydrogens (tertiary/aromatic N) is 1. The number of hydrogen-bond acceptors (Lipinski definition) is 2. The lowest BCUT2D eigenvalue weighted by molar-refractivity contribution is 0.453. The van der Waals surface area contributed by atoms with Gasteiger partial charge in [0.1, 0.15) is 0 Å². The third kappa shape index (κ3) is 1.47. The van der Waals surface area contributed by atoms with E-state index in [9.17, 15) is 5.11 Å². The van der Waals surface area contributed by atoms with E-state index >= 15 is 0 Å². The van der Waals surface area contributed by atoms with Crippen LogP contribution in [0.25, 0.3) is 0 Å². The Bertz CT molecular complexity index is 520. The smallest absolute Gasteiger partial charge is 0.210 e. The summed E-state index contributed by atoms with van der Waals surface area (Å²) in [7, 11) is 0. The second-order valence-electron chi connectivity index (χ2n) is 1.55. The Balaban J connectivity index is 3.83. The minimum atomic E-state index is -3.38. The molecule has 1 aromatic heterocycles. The quantitative estimate of drug-likeness (QED) is 0.658. The Labute approximate surface area is 74.6 Å². The van der Waals surface area contributed by atoms with E-state index in [0.29, 0.717) is 0 Å². The number of aromatic nitrogens is 1. The molecular weight excluding hydrogens is 126 g/mol. The Morgan fingerprint density at radius 3 is 3.30 bits per heavy atom. The second kappa shape index (κ2) is 2.69. The van der Waals surface area contributed by atoms with E-state index < -0.39 is 49.3 Å². The van der Waals surface area contributed by atoms with E-state index in [1.807, 2.05) is 0 Å². The molecule has 0 aliphatic carbocycles. The maximum Gasteiger partial charge on any atom is 0.210 e. The first-order chi connectivity index (χ1) is 8.75. The summed E-state index contributed by atoms with van der Waals surface area (Å²) < 4.78 is 73.8. The second-order valence-corrected chi connectivity index (χ2v) is 1.55. The lowest BCUT2D eigenvalue weighted by atomic mass is 10.1. The SMILES string of the molecule is [2H]c1nc(O)c([2H])c([2H])c1C([2H])(C([2H])([2H])[2H])C([2H])([2H])[2H]. The van der Waals surface area contributed by atoms with Crippen LogP contribution in [0.3, 0.4) is 0 Å². The predicted molar refractivity (Wildman–Crippen MR) is 40.0 cm³/mol. The van der Waals surface area contributed by atoms with E-state index in [4.69, 9.17) is 13.7 Å². The maximum atomic E-state index is 9.20. The largest absolute Gasteiger partial charge is 0.493 e. The fraction of sp³-hybridized carbons (Fsp3) is 0.375. The first-order valence-electron chi connectivity index (χ1n) is 7.42. The highest BCUT2D eigenvalue weighted by Crippen LogP contribution is 2.14. The lowest BCUT2D eigenvalue weighted by Crippen LogP contribution is -1.86. The molecule has 2 nitrogen and oxygen atoms in total. The highest BCUT2D eigenvalue weighted by Gasteiger charge is 1.97. The van der Waals surface area contributed by atoms with Gasteiger partial charge in [-0.05, 0) is 11.5 Å². The van der Waals surface area contributed by atoms with Crippen molar-refractivity contribution in [3.8, 4) is 5.88 Å². The summed E-state index contributed by atoms with van der Waals surface area (Å²) in [6, 6.07) is -1.94. The van der Waals surface area contributed by atoms with Gasteiger partial charge in [-0.25, -0.2) is 4.98 Å². The molecule has 0 aliphatic rings. The van der Waals surface area contributed by atoms with Crippen molar-refractivity contribution in [1.29, 1.82) is 0 Å². The fourth-order valence-corrected chi connectivity index (χ4v) is 0.402. The third-order valence-electron chi connectivity index (χ3n) is 0.823. The zero-order valence-corrected chi connectivity index (χ0v) is 4.89. The Morgan fingerprint density at radius 1 is 1.80 bits per heavy atom. The van der Waals surface area contributed by atoms with E-state index in [1.165, 1.54) is 0 Å². The van der Waals surface area contributed by atoms with Crippen molar-refractivity contribution in [3.63, 3.8) is 0 Å². The molecular formula is C8H11NO. The van der Waals surface area contributed by atoms with E-state index in [0.717, 1.165) is 0 Å². The van der Waals surface area contributed by atoms with Gasteiger partial charge >= 0.3 is 0 Å². The van der Waals surface area contributed by atoms with Crippen molar-refractivity contribution in [1.82, 2.24) is 4.98 Å². The van der Waals surface area contributed by atoms with Gasteiger partial charge in [0.15, 0.2) is 0 Å². The van der Waals surface area contributed by atoms with Crippen LogP contribution in [0.5, 0.6) is 5.88 Å². The van der Waals surface area contributed by atoms with Crippen molar-refractivity contribution >= 4 is 0 Å². The van der Waals surface area contributed by atoms with Gasteiger partial charge in [-0.15, -0.1) is 0 Å². The Hall–Kier alpha value is -1.05. The highest BCUT2D eigenvalue weighted by atomic mass is 16.3. The predicted octanol–water partition coefficient (Wildman–Crippen LogP) is 1.91. The topological polar surface area (TPSA) is 33.1 Å². The average Bonchev–Trinajstić information content (AvgIpc) is 2.22. The van der Waals surface area contributed by atoms with Crippen molar-refractivity contribution < 1.29 is 18.8 Å². The first kappa shape index (κ1) is 1.58. The molecule has 1 aromatic rings. The summed E-state index contributed by atoms with van der Waals surface area (Å²) in [6.07, 6.45) is -1.02. The fourth-order valence-electron chi connectivity index (χ4n) is 0.402. The molecule has 54 valence electrons. The van der Waals surface area contributed by atoms with Crippen molar-refractivity contribution in [2.24, 2.45) is 0 Å². The van der Waals surface area contributed by atoms with E-state index in [1.54, 1.807) is 0 Å². The summed E-state index contributed by atoms with van der Waals surface area (Å²) in [4.78, 5) is 3.12. The van der Waals surface area contributed by atoms with Crippen molar-refractivity contribution in [3.05, 3.63) is 23.8 Å². The summed E-state index contributed by atoms with van der Waals surface area (Å²) in [5, 5.41) is 9.20. The molecule has 0 amide bonds. The molecule has 0 saturated carbocycles. The van der Waals surface area contributed by atoms with Crippen LogP contribution in [0.15, 0.2) is 18.3 Å². The molecule has 1 heterocycles. The van der Waals surface area contributed by atoms with Crippen LogP contribution in [0.2, 0.25) is 0 Å². The van der Waals surface area contributed by atoms with Gasteiger partial charge in [0.05, 0.1) is 4.11 Å². The maximum absolute atomic E-state index is 9.20. The average molecular weight is 147 g/mol. The molecule has 0 bridgehead atoms. The molecule has 10 heavy (non-hydrogen) atoms. The van der Waals surface area contributed by atoms with Crippen LogP contribution in [-0.4, -0.2) is 10.1 Å². The van der Waals surface area contributed by atoms with Crippen LogP contribution in [0.1, 0.15) is 38.9 Å². The highest BCUT2D eigenvalue weighted by molar-refractivity contribution is 5.18. The van der Waals surface area contributed by atoms with Gasteiger partial charge < -0.3 is 5.11 Å². The van der Waals surface area contributed by atoms with Crippen LogP contribution in [0.4, 0.5) is 0 Å². The lowest BCUT2D eigenvalue weighted by Gasteiger charge is -2.02. The molecule has 0 radical (unpaired) electrons. The zero-order valence-electron chi connectivity index (χ0n) is 14.9. The number of rotatable bonds is 1.